The molecule has 1 aliphatic rings. The molecule has 152 valence electrons. The van der Waals surface area contributed by atoms with Gasteiger partial charge in [0.25, 0.3) is 0 Å². The van der Waals surface area contributed by atoms with Gasteiger partial charge >= 0.3 is 0 Å². The molecule has 0 saturated carbocycles. The van der Waals surface area contributed by atoms with Gasteiger partial charge < -0.3 is 15.5 Å². The van der Waals surface area contributed by atoms with E-state index in [0.29, 0.717) is 12.5 Å². The Kier molecular flexibility index (Phi) is 10.7. The molecule has 0 radical (unpaired) electrons. The molecule has 1 aromatic rings. The van der Waals surface area contributed by atoms with Crippen molar-refractivity contribution in [2.45, 2.75) is 45.3 Å². The van der Waals surface area contributed by atoms with Crippen molar-refractivity contribution < 1.29 is 4.79 Å². The van der Waals surface area contributed by atoms with E-state index >= 15 is 0 Å². The first-order valence-electron chi connectivity index (χ1n) is 9.52. The van der Waals surface area contributed by atoms with Gasteiger partial charge in [-0.3, -0.25) is 14.7 Å². The third-order valence-electron chi connectivity index (χ3n) is 4.85. The number of hydrogen-bond donors (Lipinski definition) is 2. The number of nitrogens with zero attached hydrogens (tertiary/aromatic N) is 3. The largest absolute Gasteiger partial charge is 0.357 e. The van der Waals surface area contributed by atoms with Crippen molar-refractivity contribution in [3.63, 3.8) is 0 Å². The van der Waals surface area contributed by atoms with Crippen LogP contribution < -0.4 is 10.6 Å². The molecule has 0 spiro atoms. The number of nitrogens with one attached hydrogen (secondary N) is 2. The minimum atomic E-state index is 0. The number of carbonyl (C=O) groups is 1. The minimum Gasteiger partial charge on any atom is -0.357 e. The van der Waals surface area contributed by atoms with Crippen LogP contribution in [0.15, 0.2) is 35.3 Å². The highest BCUT2D eigenvalue weighted by Crippen LogP contribution is 2.10. The van der Waals surface area contributed by atoms with E-state index in [2.05, 4.69) is 60.7 Å². The summed E-state index contributed by atoms with van der Waals surface area (Å²) in [4.78, 5) is 20.5. The number of rotatable bonds is 7. The predicted molar refractivity (Wildman–Crippen MR) is 123 cm³/mol. The topological polar surface area (TPSA) is 60.0 Å². The lowest BCUT2D eigenvalue weighted by molar-refractivity contribution is -0.132. The third-order valence-corrected chi connectivity index (χ3v) is 4.85. The van der Waals surface area contributed by atoms with Gasteiger partial charge in [0.1, 0.15) is 0 Å². The number of guanidine groups is 1. The summed E-state index contributed by atoms with van der Waals surface area (Å²) in [7, 11) is 4.00. The fourth-order valence-electron chi connectivity index (χ4n) is 3.03. The molecule has 1 fully saturated rings. The molecular weight excluding hydrogens is 453 g/mol. The zero-order chi connectivity index (χ0) is 18.9. The Bertz CT molecular complexity index is 595. The minimum absolute atomic E-state index is 0. The lowest BCUT2D eigenvalue weighted by atomic mass is 10.1. The van der Waals surface area contributed by atoms with E-state index in [0.717, 1.165) is 38.6 Å². The first-order chi connectivity index (χ1) is 12.5. The van der Waals surface area contributed by atoms with Crippen LogP contribution in [0.4, 0.5) is 0 Å². The normalized spacial score (nSPS) is 18.9. The summed E-state index contributed by atoms with van der Waals surface area (Å²) in [5.41, 5.74) is 1.31. The molecule has 7 heteroatoms. The molecule has 0 aliphatic carbocycles. The lowest BCUT2D eigenvalue weighted by Crippen LogP contribution is -2.52. The van der Waals surface area contributed by atoms with Gasteiger partial charge in [0.2, 0.25) is 5.91 Å². The molecule has 0 bridgehead atoms. The Morgan fingerprint density at radius 3 is 2.70 bits per heavy atom. The zero-order valence-electron chi connectivity index (χ0n) is 16.9. The second-order valence-corrected chi connectivity index (χ2v) is 7.12. The highest BCUT2D eigenvalue weighted by molar-refractivity contribution is 14.0. The summed E-state index contributed by atoms with van der Waals surface area (Å²) >= 11 is 0. The number of halogens is 1. The molecule has 2 atom stereocenters. The highest BCUT2D eigenvalue weighted by atomic mass is 127. The molecular formula is C20H34IN5O. The monoisotopic (exact) mass is 487 g/mol. The van der Waals surface area contributed by atoms with Gasteiger partial charge in [-0.25, -0.2) is 0 Å². The molecule has 27 heavy (non-hydrogen) atoms. The van der Waals surface area contributed by atoms with Gasteiger partial charge in [-0.05, 0) is 32.9 Å². The van der Waals surface area contributed by atoms with Crippen LogP contribution in [-0.2, 0) is 11.3 Å². The lowest BCUT2D eigenvalue weighted by Gasteiger charge is -2.31. The van der Waals surface area contributed by atoms with Gasteiger partial charge in [-0.15, -0.1) is 24.0 Å². The average Bonchev–Trinajstić information content (AvgIpc) is 2.63. The van der Waals surface area contributed by atoms with Crippen molar-refractivity contribution in [2.75, 3.05) is 33.7 Å². The van der Waals surface area contributed by atoms with E-state index in [1.807, 2.05) is 13.1 Å². The average molecular weight is 487 g/mol. The van der Waals surface area contributed by atoms with Crippen molar-refractivity contribution in [1.29, 1.82) is 0 Å². The second kappa shape index (κ2) is 12.2. The SMILES string of the molecule is CCNC(=NCC(C)N(C)Cc1ccccc1)NC1CCC(=O)N(C)C1.I. The molecule has 0 aromatic heterocycles. The van der Waals surface area contributed by atoms with Crippen molar-refractivity contribution in [1.82, 2.24) is 20.4 Å². The first kappa shape index (κ1) is 23.7. The maximum Gasteiger partial charge on any atom is 0.222 e. The predicted octanol–water partition coefficient (Wildman–Crippen LogP) is 2.30. The third kappa shape index (κ3) is 8.04. The first-order valence-corrected chi connectivity index (χ1v) is 9.52. The smallest absolute Gasteiger partial charge is 0.222 e. The fraction of sp³-hybridized carbons (Fsp3) is 0.600. The second-order valence-electron chi connectivity index (χ2n) is 7.12. The van der Waals surface area contributed by atoms with Crippen molar-refractivity contribution >= 4 is 35.8 Å². The van der Waals surface area contributed by atoms with Crippen LogP contribution in [0.2, 0.25) is 0 Å². The Balaban J connectivity index is 0.00000364. The number of amides is 1. The fourth-order valence-corrected chi connectivity index (χ4v) is 3.03. The summed E-state index contributed by atoms with van der Waals surface area (Å²) in [5, 5.41) is 6.80. The van der Waals surface area contributed by atoms with E-state index in [1.54, 1.807) is 4.90 Å². The van der Waals surface area contributed by atoms with Crippen LogP contribution in [-0.4, -0.2) is 67.5 Å². The van der Waals surface area contributed by atoms with Crippen LogP contribution in [0.1, 0.15) is 32.3 Å². The van der Waals surface area contributed by atoms with E-state index in [4.69, 9.17) is 4.99 Å². The number of likely N-dealkylation sites (N-methyl/N-ethyl adjacent to an activating group) is 2. The summed E-state index contributed by atoms with van der Waals surface area (Å²) in [5.74, 6) is 1.06. The number of likely N-dealkylation sites (tertiary alicyclic amines) is 1. The standard InChI is InChI=1S/C20H33N5O.HI/c1-5-21-20(23-18-11-12-19(26)25(4)15-18)22-13-16(2)24(3)14-17-9-7-6-8-10-17;/h6-10,16,18H,5,11-15H2,1-4H3,(H2,21,22,23);1H. The Labute approximate surface area is 180 Å². The number of piperidine rings is 1. The molecule has 2 rings (SSSR count). The molecule has 2 N–H and O–H groups in total. The molecule has 1 amide bonds. The summed E-state index contributed by atoms with van der Waals surface area (Å²) in [6.45, 7) is 7.45. The van der Waals surface area contributed by atoms with Gasteiger partial charge in [0.15, 0.2) is 5.96 Å². The van der Waals surface area contributed by atoms with Crippen LogP contribution in [0.5, 0.6) is 0 Å². The number of hydrogen-bond acceptors (Lipinski definition) is 3. The molecule has 1 saturated heterocycles. The summed E-state index contributed by atoms with van der Waals surface area (Å²) in [6, 6.07) is 11.1. The number of carbonyl (C=O) groups excluding carboxylic acids is 1. The maximum absolute atomic E-state index is 11.6. The molecule has 2 unspecified atom stereocenters. The van der Waals surface area contributed by atoms with E-state index in [1.165, 1.54) is 5.56 Å². The maximum atomic E-state index is 11.6. The van der Waals surface area contributed by atoms with Gasteiger partial charge in [0.05, 0.1) is 6.54 Å². The highest BCUT2D eigenvalue weighted by Gasteiger charge is 2.23. The van der Waals surface area contributed by atoms with Gasteiger partial charge in [-0.2, -0.15) is 0 Å². The zero-order valence-corrected chi connectivity index (χ0v) is 19.3. The van der Waals surface area contributed by atoms with Crippen molar-refractivity contribution in [3.05, 3.63) is 35.9 Å². The van der Waals surface area contributed by atoms with Crippen LogP contribution in [0, 0.1) is 0 Å². The Hall–Kier alpha value is -1.35. The summed E-state index contributed by atoms with van der Waals surface area (Å²) < 4.78 is 0. The molecule has 1 aliphatic heterocycles. The van der Waals surface area contributed by atoms with Crippen LogP contribution >= 0.6 is 24.0 Å². The summed E-state index contributed by atoms with van der Waals surface area (Å²) in [6.07, 6.45) is 1.46. The van der Waals surface area contributed by atoms with Crippen molar-refractivity contribution in [3.8, 4) is 0 Å². The van der Waals surface area contributed by atoms with Gasteiger partial charge in [-0.1, -0.05) is 30.3 Å². The van der Waals surface area contributed by atoms with E-state index in [9.17, 15) is 4.79 Å². The Morgan fingerprint density at radius 1 is 1.37 bits per heavy atom. The Morgan fingerprint density at radius 2 is 2.07 bits per heavy atom. The van der Waals surface area contributed by atoms with E-state index in [-0.39, 0.29) is 35.9 Å². The van der Waals surface area contributed by atoms with Gasteiger partial charge in [0, 0.05) is 45.2 Å². The van der Waals surface area contributed by atoms with Crippen molar-refractivity contribution in [2.24, 2.45) is 4.99 Å². The molecule has 1 aromatic carbocycles. The number of benzene rings is 1. The quantitative estimate of drug-likeness (QED) is 0.352. The molecule has 6 nitrogen and oxygen atoms in total. The van der Waals surface area contributed by atoms with E-state index < -0.39 is 0 Å². The molecule has 1 heterocycles. The van der Waals surface area contributed by atoms with Crippen LogP contribution in [0.25, 0.3) is 0 Å². The number of aliphatic imine (C=N–C) groups is 1. The van der Waals surface area contributed by atoms with Crippen LogP contribution in [0.3, 0.4) is 0 Å².